The SMILES string of the molecule is [2H][13CH]1[C@H](O)[C@@H](O)C(O)O[C@@H]1CO. The summed E-state index contributed by atoms with van der Waals surface area (Å²) in [7, 11) is 0. The summed E-state index contributed by atoms with van der Waals surface area (Å²) in [6.07, 6.45) is -6.47. The third-order valence-corrected chi connectivity index (χ3v) is 1.55. The summed E-state index contributed by atoms with van der Waals surface area (Å²) in [5, 5.41) is 35.7. The lowest BCUT2D eigenvalue weighted by Crippen LogP contribution is -2.49. The maximum atomic E-state index is 9.13. The van der Waals surface area contributed by atoms with Crippen molar-refractivity contribution in [1.29, 1.82) is 0 Å². The van der Waals surface area contributed by atoms with Crippen LogP contribution in [0.3, 0.4) is 0 Å². The molecule has 0 amide bonds. The number of rotatable bonds is 1. The molecule has 1 aliphatic rings. The first-order valence-electron chi connectivity index (χ1n) is 3.88. The molecule has 11 heavy (non-hydrogen) atoms. The van der Waals surface area contributed by atoms with Crippen LogP contribution in [0.5, 0.6) is 0 Å². The van der Waals surface area contributed by atoms with E-state index in [4.69, 9.17) is 21.8 Å². The predicted octanol–water partition coefficient (Wildman–Crippen LogP) is -2.19. The van der Waals surface area contributed by atoms with Crippen molar-refractivity contribution in [2.45, 2.75) is 31.0 Å². The van der Waals surface area contributed by atoms with E-state index < -0.39 is 37.6 Å². The second kappa shape index (κ2) is 3.46. The van der Waals surface area contributed by atoms with Crippen LogP contribution < -0.4 is 0 Å². The fourth-order valence-corrected chi connectivity index (χ4v) is 0.911. The van der Waals surface area contributed by atoms with E-state index in [0.717, 1.165) is 0 Å². The van der Waals surface area contributed by atoms with Gasteiger partial charge < -0.3 is 25.2 Å². The van der Waals surface area contributed by atoms with Crippen LogP contribution in [-0.2, 0) is 4.74 Å². The molecule has 1 saturated heterocycles. The molecule has 0 aromatic carbocycles. The van der Waals surface area contributed by atoms with E-state index >= 15 is 0 Å². The van der Waals surface area contributed by atoms with E-state index in [1.165, 1.54) is 0 Å². The van der Waals surface area contributed by atoms with Gasteiger partial charge in [0.1, 0.15) is 6.10 Å². The molecular formula is C6H12O5. The molecule has 66 valence electrons. The second-order valence-electron chi connectivity index (χ2n) is 2.42. The fourth-order valence-electron chi connectivity index (χ4n) is 0.911. The largest absolute Gasteiger partial charge is 0.394 e. The van der Waals surface area contributed by atoms with Gasteiger partial charge in [0.15, 0.2) is 6.29 Å². The van der Waals surface area contributed by atoms with Crippen molar-refractivity contribution >= 4 is 0 Å². The van der Waals surface area contributed by atoms with Crippen LogP contribution in [0.2, 0.25) is 0 Å². The Kier molecular flexibility index (Phi) is 2.35. The van der Waals surface area contributed by atoms with Gasteiger partial charge in [-0.25, -0.2) is 0 Å². The maximum Gasteiger partial charge on any atom is 0.183 e. The second-order valence-corrected chi connectivity index (χ2v) is 2.42. The molecular weight excluding hydrogens is 153 g/mol. The van der Waals surface area contributed by atoms with Gasteiger partial charge in [-0.1, -0.05) is 0 Å². The highest BCUT2D eigenvalue weighted by atomic mass is 16.6. The molecule has 5 nitrogen and oxygen atoms in total. The van der Waals surface area contributed by atoms with Gasteiger partial charge in [-0.2, -0.15) is 0 Å². The highest BCUT2D eigenvalue weighted by Gasteiger charge is 2.34. The zero-order valence-electron chi connectivity index (χ0n) is 6.79. The molecule has 0 aliphatic carbocycles. The quantitative estimate of drug-likeness (QED) is 0.332. The van der Waals surface area contributed by atoms with Crippen molar-refractivity contribution in [3.05, 3.63) is 0 Å². The van der Waals surface area contributed by atoms with Crippen LogP contribution in [0.25, 0.3) is 0 Å². The molecule has 5 atom stereocenters. The number of hydrogen-bond acceptors (Lipinski definition) is 5. The third kappa shape index (κ3) is 1.88. The Hall–Kier alpha value is -0.200. The van der Waals surface area contributed by atoms with Crippen molar-refractivity contribution < 1.29 is 26.5 Å². The van der Waals surface area contributed by atoms with Gasteiger partial charge in [-0.3, -0.25) is 0 Å². The number of hydrogen-bond donors (Lipinski definition) is 4. The van der Waals surface area contributed by atoms with Gasteiger partial charge in [0, 0.05) is 7.77 Å². The first kappa shape index (κ1) is 7.45. The minimum atomic E-state index is -1.53. The summed E-state index contributed by atoms with van der Waals surface area (Å²) in [6, 6.07) is 0. The van der Waals surface area contributed by atoms with Crippen molar-refractivity contribution in [2.75, 3.05) is 6.61 Å². The Morgan fingerprint density at radius 1 is 1.45 bits per heavy atom. The number of ether oxygens (including phenoxy) is 1. The monoisotopic (exact) mass is 166 g/mol. The first-order valence-corrected chi connectivity index (χ1v) is 3.30. The minimum absolute atomic E-state index is 0.463. The van der Waals surface area contributed by atoms with E-state index in [0.29, 0.717) is 0 Å². The highest BCUT2D eigenvalue weighted by Crippen LogP contribution is 2.17. The maximum absolute atomic E-state index is 9.13. The standard InChI is InChI=1S/C6H12O5/c7-2-3-1-4(8)5(9)6(10)11-3/h3-10H,1-2H2/t3-,4-,5+,6?/m0/s1/i1+1D/t1?,3-,4-,5+,6?. The van der Waals surface area contributed by atoms with Gasteiger partial charge in [-0.15, -0.1) is 0 Å². The Bertz CT molecular complexity index is 150. The van der Waals surface area contributed by atoms with Crippen LogP contribution in [0.1, 0.15) is 7.77 Å². The molecule has 0 aromatic rings. The molecule has 0 radical (unpaired) electrons. The Morgan fingerprint density at radius 3 is 2.64 bits per heavy atom. The van der Waals surface area contributed by atoms with Gasteiger partial charge >= 0.3 is 0 Å². The zero-order valence-corrected chi connectivity index (χ0v) is 5.79. The molecule has 1 aliphatic heterocycles. The fraction of sp³-hybridized carbons (Fsp3) is 1.00. The molecule has 0 bridgehead atoms. The first-order chi connectivity index (χ1) is 5.57. The Balaban J connectivity index is 2.63. The van der Waals surface area contributed by atoms with E-state index in [1.807, 2.05) is 0 Å². The van der Waals surface area contributed by atoms with Crippen LogP contribution in [0.4, 0.5) is 0 Å². The zero-order chi connectivity index (χ0) is 9.30. The van der Waals surface area contributed by atoms with E-state index in [1.54, 1.807) is 0 Å². The summed E-state index contributed by atoms with van der Waals surface area (Å²) in [4.78, 5) is 0. The Morgan fingerprint density at radius 2 is 2.09 bits per heavy atom. The summed E-state index contributed by atoms with van der Waals surface area (Å²) in [6.45, 7) is -0.463. The molecule has 5 heteroatoms. The lowest BCUT2D eigenvalue weighted by Gasteiger charge is -2.33. The Labute approximate surface area is 65.3 Å². The van der Waals surface area contributed by atoms with Crippen molar-refractivity contribution in [1.82, 2.24) is 0 Å². The van der Waals surface area contributed by atoms with E-state index in [-0.39, 0.29) is 0 Å². The molecule has 2 unspecified atom stereocenters. The number of aliphatic hydroxyl groups excluding tert-OH is 4. The summed E-state index contributed by atoms with van der Waals surface area (Å²) in [5.41, 5.74) is 0. The van der Waals surface area contributed by atoms with Crippen LogP contribution in [0.15, 0.2) is 0 Å². The molecule has 1 fully saturated rings. The molecule has 1 heterocycles. The van der Waals surface area contributed by atoms with Crippen molar-refractivity contribution in [2.24, 2.45) is 0 Å². The van der Waals surface area contributed by atoms with E-state index in [9.17, 15) is 0 Å². The van der Waals surface area contributed by atoms with Gasteiger partial charge in [0.05, 0.1) is 18.8 Å². The van der Waals surface area contributed by atoms with Crippen LogP contribution in [0, 0.1) is 0 Å². The van der Waals surface area contributed by atoms with Crippen molar-refractivity contribution in [3.8, 4) is 0 Å². The normalized spacial score (nSPS) is 53.8. The van der Waals surface area contributed by atoms with Gasteiger partial charge in [-0.05, 0) is 0 Å². The lowest BCUT2D eigenvalue weighted by molar-refractivity contribution is -0.251. The average molecular weight is 166 g/mol. The average Bonchev–Trinajstić information content (AvgIpc) is 2.08. The lowest BCUT2D eigenvalue weighted by atomic mass is 10.2. The van der Waals surface area contributed by atoms with Crippen LogP contribution in [-0.4, -0.2) is 51.6 Å². The minimum Gasteiger partial charge on any atom is -0.394 e. The molecule has 0 spiro atoms. The van der Waals surface area contributed by atoms with Crippen molar-refractivity contribution in [3.63, 3.8) is 0 Å². The molecule has 0 aromatic heterocycles. The molecule has 0 saturated carbocycles. The van der Waals surface area contributed by atoms with E-state index in [2.05, 4.69) is 4.74 Å². The van der Waals surface area contributed by atoms with Crippen LogP contribution >= 0.6 is 0 Å². The van der Waals surface area contributed by atoms with Gasteiger partial charge in [0.2, 0.25) is 0 Å². The summed E-state index contributed by atoms with van der Waals surface area (Å²) in [5.74, 6) is 0. The topological polar surface area (TPSA) is 90.2 Å². The van der Waals surface area contributed by atoms with Gasteiger partial charge in [0.25, 0.3) is 0 Å². The summed E-state index contributed by atoms with van der Waals surface area (Å²) < 4.78 is 11.9. The number of aliphatic hydroxyl groups is 4. The smallest absolute Gasteiger partial charge is 0.183 e. The predicted molar refractivity (Wildman–Crippen MR) is 34.6 cm³/mol. The highest BCUT2D eigenvalue weighted by molar-refractivity contribution is 4.79. The third-order valence-electron chi connectivity index (χ3n) is 1.55. The molecule has 4 N–H and O–H groups in total. The summed E-state index contributed by atoms with van der Waals surface area (Å²) >= 11 is 0. The molecule has 1 rings (SSSR count).